The fraction of sp³-hybridized carbons (Fsp3) is 0.222. The van der Waals surface area contributed by atoms with Gasteiger partial charge in [-0.05, 0) is 18.7 Å². The van der Waals surface area contributed by atoms with Crippen molar-refractivity contribution in [3.8, 4) is 6.07 Å². The first kappa shape index (κ1) is 10.6. The minimum Gasteiger partial charge on any atom is -0.309 e. The Labute approximate surface area is 96.4 Å². The van der Waals surface area contributed by atoms with E-state index in [4.69, 9.17) is 5.26 Å². The van der Waals surface area contributed by atoms with E-state index in [1.54, 1.807) is 6.20 Å². The fourth-order valence-electron chi connectivity index (χ4n) is 0.997. The third-order valence-corrected chi connectivity index (χ3v) is 2.95. The second-order valence-electron chi connectivity index (χ2n) is 3.04. The molecule has 0 aromatic carbocycles. The van der Waals surface area contributed by atoms with Crippen molar-refractivity contribution in [1.82, 2.24) is 24.7 Å². The van der Waals surface area contributed by atoms with Gasteiger partial charge in [0.05, 0.1) is 12.4 Å². The van der Waals surface area contributed by atoms with Crippen LogP contribution in [0.15, 0.2) is 22.6 Å². The molecule has 0 atom stereocenters. The van der Waals surface area contributed by atoms with E-state index in [1.165, 1.54) is 18.0 Å². The Kier molecular flexibility index (Phi) is 2.83. The van der Waals surface area contributed by atoms with Crippen LogP contribution in [0.5, 0.6) is 0 Å². The maximum absolute atomic E-state index is 8.58. The van der Waals surface area contributed by atoms with Crippen LogP contribution in [0.1, 0.15) is 11.5 Å². The lowest BCUT2D eigenvalue weighted by atomic mass is 10.5. The van der Waals surface area contributed by atoms with Gasteiger partial charge in [-0.2, -0.15) is 5.26 Å². The van der Waals surface area contributed by atoms with Gasteiger partial charge in [0.15, 0.2) is 10.9 Å². The lowest BCUT2D eigenvalue weighted by Gasteiger charge is -1.99. The van der Waals surface area contributed by atoms with Crippen LogP contribution in [0.25, 0.3) is 0 Å². The van der Waals surface area contributed by atoms with Crippen molar-refractivity contribution in [2.24, 2.45) is 7.05 Å². The number of rotatable bonds is 2. The summed E-state index contributed by atoms with van der Waals surface area (Å²) in [6.07, 6.45) is 2.98. The molecule has 0 radical (unpaired) electrons. The first-order valence-corrected chi connectivity index (χ1v) is 5.28. The van der Waals surface area contributed by atoms with Crippen LogP contribution in [0, 0.1) is 18.3 Å². The zero-order chi connectivity index (χ0) is 11.5. The van der Waals surface area contributed by atoms with Gasteiger partial charge in [-0.1, -0.05) is 0 Å². The first-order chi connectivity index (χ1) is 7.70. The lowest BCUT2D eigenvalue weighted by molar-refractivity contribution is 0.764. The van der Waals surface area contributed by atoms with Gasteiger partial charge in [0.1, 0.15) is 16.9 Å². The molecule has 0 aliphatic carbocycles. The summed E-state index contributed by atoms with van der Waals surface area (Å²) >= 11 is 1.36. The molecule has 0 saturated carbocycles. The summed E-state index contributed by atoms with van der Waals surface area (Å²) in [5, 5.41) is 17.9. The average molecular weight is 232 g/mol. The molecule has 0 amide bonds. The van der Waals surface area contributed by atoms with Gasteiger partial charge in [-0.25, -0.2) is 9.97 Å². The Morgan fingerprint density at radius 3 is 2.62 bits per heavy atom. The molecule has 2 aromatic rings. The van der Waals surface area contributed by atoms with Crippen LogP contribution in [-0.4, -0.2) is 24.7 Å². The number of hydrogen-bond acceptors (Lipinski definition) is 6. The van der Waals surface area contributed by atoms with E-state index >= 15 is 0 Å². The summed E-state index contributed by atoms with van der Waals surface area (Å²) in [6, 6.07) is 1.92. The maximum atomic E-state index is 8.58. The molecule has 0 fully saturated rings. The highest BCUT2D eigenvalue weighted by Crippen LogP contribution is 2.22. The van der Waals surface area contributed by atoms with Crippen molar-refractivity contribution < 1.29 is 0 Å². The number of aryl methyl sites for hydroxylation is 1. The number of hydrogen-bond donors (Lipinski definition) is 0. The molecule has 0 aliphatic heterocycles. The second kappa shape index (κ2) is 4.28. The van der Waals surface area contributed by atoms with E-state index in [2.05, 4.69) is 20.2 Å². The summed E-state index contributed by atoms with van der Waals surface area (Å²) in [4.78, 5) is 8.02. The Bertz CT molecular complexity index is 538. The molecule has 0 unspecified atom stereocenters. The van der Waals surface area contributed by atoms with Gasteiger partial charge in [-0.15, -0.1) is 10.2 Å². The van der Waals surface area contributed by atoms with Gasteiger partial charge in [0.2, 0.25) is 0 Å². The Balaban J connectivity index is 2.21. The second-order valence-corrected chi connectivity index (χ2v) is 4.03. The topological polar surface area (TPSA) is 80.3 Å². The van der Waals surface area contributed by atoms with Crippen molar-refractivity contribution in [3.05, 3.63) is 23.9 Å². The summed E-state index contributed by atoms with van der Waals surface area (Å²) in [5.41, 5.74) is 0.304. The number of aromatic nitrogens is 5. The highest BCUT2D eigenvalue weighted by molar-refractivity contribution is 7.99. The molecular formula is C9H8N6S. The van der Waals surface area contributed by atoms with Gasteiger partial charge < -0.3 is 4.57 Å². The molecule has 0 bridgehead atoms. The predicted octanol–water partition coefficient (Wildman–Crippen LogP) is 0.936. The van der Waals surface area contributed by atoms with Gasteiger partial charge in [0, 0.05) is 7.05 Å². The minimum absolute atomic E-state index is 0.304. The van der Waals surface area contributed by atoms with E-state index in [0.29, 0.717) is 10.7 Å². The molecule has 16 heavy (non-hydrogen) atoms. The van der Waals surface area contributed by atoms with Crippen LogP contribution in [0.2, 0.25) is 0 Å². The summed E-state index contributed by atoms with van der Waals surface area (Å²) < 4.78 is 1.87. The molecular weight excluding hydrogens is 224 g/mol. The van der Waals surface area contributed by atoms with Crippen LogP contribution >= 0.6 is 11.8 Å². The third kappa shape index (κ3) is 2.01. The smallest absolute Gasteiger partial charge is 0.197 e. The van der Waals surface area contributed by atoms with Gasteiger partial charge in [0.25, 0.3) is 0 Å². The molecule has 6 nitrogen and oxygen atoms in total. The summed E-state index contributed by atoms with van der Waals surface area (Å²) in [5.74, 6) is 0.837. The predicted molar refractivity (Wildman–Crippen MR) is 56.6 cm³/mol. The van der Waals surface area contributed by atoms with Crippen LogP contribution in [0.4, 0.5) is 0 Å². The number of nitriles is 1. The SMILES string of the molecule is Cc1nnc(Sc2cnc(C#N)cn2)n1C. The van der Waals surface area contributed by atoms with Crippen molar-refractivity contribution >= 4 is 11.8 Å². The maximum Gasteiger partial charge on any atom is 0.197 e. The first-order valence-electron chi connectivity index (χ1n) is 4.46. The largest absolute Gasteiger partial charge is 0.309 e. The van der Waals surface area contributed by atoms with E-state index in [-0.39, 0.29) is 0 Å². The Morgan fingerprint density at radius 2 is 2.12 bits per heavy atom. The summed E-state index contributed by atoms with van der Waals surface area (Å²) in [6.45, 7) is 1.88. The molecule has 80 valence electrons. The van der Waals surface area contributed by atoms with Crippen LogP contribution < -0.4 is 0 Å². The zero-order valence-corrected chi connectivity index (χ0v) is 9.56. The monoisotopic (exact) mass is 232 g/mol. The zero-order valence-electron chi connectivity index (χ0n) is 8.75. The fourth-order valence-corrected chi connectivity index (χ4v) is 1.75. The van der Waals surface area contributed by atoms with Gasteiger partial charge >= 0.3 is 0 Å². The molecule has 2 heterocycles. The highest BCUT2D eigenvalue weighted by Gasteiger charge is 2.07. The third-order valence-electron chi connectivity index (χ3n) is 1.99. The van der Waals surface area contributed by atoms with E-state index < -0.39 is 0 Å². The van der Waals surface area contributed by atoms with Crippen LogP contribution in [-0.2, 0) is 7.05 Å². The Hall–Kier alpha value is -1.94. The Morgan fingerprint density at radius 1 is 1.31 bits per heavy atom. The highest BCUT2D eigenvalue weighted by atomic mass is 32.2. The standard InChI is InChI=1S/C9H8N6S/c1-6-13-14-9(15(6)2)16-8-5-11-7(3-10)4-12-8/h4-5H,1-2H3. The van der Waals surface area contributed by atoms with Crippen molar-refractivity contribution in [2.45, 2.75) is 17.1 Å². The average Bonchev–Trinajstić information content (AvgIpc) is 2.62. The molecule has 0 aliphatic rings. The molecule has 0 N–H and O–H groups in total. The minimum atomic E-state index is 0.304. The van der Waals surface area contributed by atoms with Crippen LogP contribution in [0.3, 0.4) is 0 Å². The van der Waals surface area contributed by atoms with E-state index in [0.717, 1.165) is 11.0 Å². The quantitative estimate of drug-likeness (QED) is 0.766. The lowest BCUT2D eigenvalue weighted by Crippen LogP contribution is -1.94. The molecule has 2 aromatic heterocycles. The van der Waals surface area contributed by atoms with Crippen molar-refractivity contribution in [3.63, 3.8) is 0 Å². The number of nitrogens with zero attached hydrogens (tertiary/aromatic N) is 6. The van der Waals surface area contributed by atoms with E-state index in [9.17, 15) is 0 Å². The molecule has 2 rings (SSSR count). The normalized spacial score (nSPS) is 10.1. The molecule has 0 saturated heterocycles. The van der Waals surface area contributed by atoms with E-state index in [1.807, 2.05) is 24.6 Å². The van der Waals surface area contributed by atoms with Crippen molar-refractivity contribution in [2.75, 3.05) is 0 Å². The summed E-state index contributed by atoms with van der Waals surface area (Å²) in [7, 11) is 1.88. The molecule has 0 spiro atoms. The molecule has 7 heteroatoms. The van der Waals surface area contributed by atoms with Crippen molar-refractivity contribution in [1.29, 1.82) is 5.26 Å². The van der Waals surface area contributed by atoms with Gasteiger partial charge in [-0.3, -0.25) is 0 Å².